The Bertz CT molecular complexity index is 1230. The van der Waals surface area contributed by atoms with Gasteiger partial charge in [-0.1, -0.05) is 17.8 Å². The van der Waals surface area contributed by atoms with Gasteiger partial charge in [-0.2, -0.15) is 0 Å². The first kappa shape index (κ1) is 22.2. The van der Waals surface area contributed by atoms with E-state index in [1.54, 1.807) is 17.4 Å². The average Bonchev–Trinajstić information content (AvgIpc) is 3.10. The number of allylic oxidation sites excluding steroid dienone is 1. The lowest BCUT2D eigenvalue weighted by molar-refractivity contribution is -0.113. The van der Waals surface area contributed by atoms with Crippen LogP contribution < -0.4 is 10.9 Å². The van der Waals surface area contributed by atoms with Crippen molar-refractivity contribution >= 4 is 60.8 Å². The van der Waals surface area contributed by atoms with Crippen LogP contribution in [-0.2, 0) is 24.2 Å². The monoisotopic (exact) mass is 525 g/mol. The van der Waals surface area contributed by atoms with Gasteiger partial charge in [0, 0.05) is 22.0 Å². The van der Waals surface area contributed by atoms with Crippen LogP contribution in [-0.4, -0.2) is 21.2 Å². The Balaban J connectivity index is 1.61. The zero-order valence-corrected chi connectivity index (χ0v) is 19.6. The zero-order chi connectivity index (χ0) is 22.1. The fourth-order valence-electron chi connectivity index (χ4n) is 3.59. The Morgan fingerprint density at radius 1 is 1.35 bits per heavy atom. The highest BCUT2D eigenvalue weighted by Gasteiger charge is 2.22. The summed E-state index contributed by atoms with van der Waals surface area (Å²) in [5, 5.41) is 3.52. The highest BCUT2D eigenvalue weighted by Crippen LogP contribution is 2.35. The molecule has 2 heterocycles. The van der Waals surface area contributed by atoms with Crippen LogP contribution in [0.3, 0.4) is 0 Å². The lowest BCUT2D eigenvalue weighted by Crippen LogP contribution is -2.24. The molecule has 1 aliphatic carbocycles. The summed E-state index contributed by atoms with van der Waals surface area (Å²) in [5.74, 6) is -2.22. The van der Waals surface area contributed by atoms with Crippen LogP contribution in [0.5, 0.6) is 0 Å². The second-order valence-electron chi connectivity index (χ2n) is 7.07. The number of carbonyl (C=O) groups excluding carboxylic acids is 1. The number of hydrogen-bond donors (Lipinski definition) is 1. The highest BCUT2D eigenvalue weighted by atomic mass is 79.9. The number of anilines is 1. The molecule has 2 aromatic heterocycles. The van der Waals surface area contributed by atoms with Crippen LogP contribution in [0.15, 0.2) is 39.2 Å². The van der Waals surface area contributed by atoms with Crippen molar-refractivity contribution in [1.82, 2.24) is 9.55 Å². The molecule has 1 amide bonds. The van der Waals surface area contributed by atoms with Gasteiger partial charge in [0.05, 0.1) is 16.8 Å². The van der Waals surface area contributed by atoms with Gasteiger partial charge < -0.3 is 5.32 Å². The number of benzene rings is 1. The number of thiophene rings is 1. The summed E-state index contributed by atoms with van der Waals surface area (Å²) in [7, 11) is 0. The minimum absolute atomic E-state index is 0.0938. The van der Waals surface area contributed by atoms with Crippen molar-refractivity contribution in [1.29, 1.82) is 0 Å². The summed E-state index contributed by atoms with van der Waals surface area (Å²) < 4.78 is 28.9. The molecule has 10 heteroatoms. The van der Waals surface area contributed by atoms with E-state index in [-0.39, 0.29) is 28.0 Å². The van der Waals surface area contributed by atoms with Crippen molar-refractivity contribution in [2.45, 2.75) is 37.4 Å². The van der Waals surface area contributed by atoms with E-state index in [0.29, 0.717) is 21.4 Å². The molecule has 0 saturated carbocycles. The minimum atomic E-state index is -0.877. The van der Waals surface area contributed by atoms with E-state index in [0.717, 1.165) is 49.1 Å². The van der Waals surface area contributed by atoms with Crippen LogP contribution >= 0.6 is 39.0 Å². The van der Waals surface area contributed by atoms with Gasteiger partial charge in [0.2, 0.25) is 5.91 Å². The molecule has 162 valence electrons. The van der Waals surface area contributed by atoms with Crippen LogP contribution in [0, 0.1) is 11.6 Å². The molecule has 1 aliphatic rings. The maximum absolute atomic E-state index is 14.0. The van der Waals surface area contributed by atoms with Gasteiger partial charge in [0.15, 0.2) is 11.0 Å². The molecule has 0 spiro atoms. The zero-order valence-electron chi connectivity index (χ0n) is 16.3. The largest absolute Gasteiger partial charge is 0.322 e. The molecule has 0 unspecified atom stereocenters. The summed E-state index contributed by atoms with van der Waals surface area (Å²) in [5.41, 5.74) is 0.844. The van der Waals surface area contributed by atoms with Gasteiger partial charge in [-0.15, -0.1) is 17.9 Å². The number of halogens is 3. The van der Waals surface area contributed by atoms with Crippen LogP contribution in [0.2, 0.25) is 0 Å². The highest BCUT2D eigenvalue weighted by molar-refractivity contribution is 9.10. The third-order valence-corrected chi connectivity index (χ3v) is 7.74. The quantitative estimate of drug-likeness (QED) is 0.269. The fraction of sp³-hybridized carbons (Fsp3) is 0.286. The third kappa shape index (κ3) is 4.47. The van der Waals surface area contributed by atoms with Gasteiger partial charge in [-0.3, -0.25) is 14.2 Å². The summed E-state index contributed by atoms with van der Waals surface area (Å²) in [6.45, 7) is 3.99. The number of rotatable bonds is 6. The third-order valence-electron chi connectivity index (χ3n) is 4.96. The Labute approximate surface area is 193 Å². The maximum atomic E-state index is 14.0. The lowest BCUT2D eigenvalue weighted by Gasteiger charge is -2.12. The molecule has 4 rings (SSSR count). The van der Waals surface area contributed by atoms with E-state index >= 15 is 0 Å². The van der Waals surface area contributed by atoms with Crippen molar-refractivity contribution in [2.75, 3.05) is 11.1 Å². The molecule has 3 aromatic rings. The lowest BCUT2D eigenvalue weighted by atomic mass is 9.97. The minimum Gasteiger partial charge on any atom is -0.322 e. The Morgan fingerprint density at radius 3 is 2.87 bits per heavy atom. The van der Waals surface area contributed by atoms with E-state index in [2.05, 4.69) is 32.8 Å². The Hall–Kier alpha value is -2.04. The van der Waals surface area contributed by atoms with Crippen molar-refractivity contribution in [2.24, 2.45) is 0 Å². The smallest absolute Gasteiger partial charge is 0.263 e. The van der Waals surface area contributed by atoms with Crippen LogP contribution in [0.4, 0.5) is 14.5 Å². The van der Waals surface area contributed by atoms with E-state index in [9.17, 15) is 18.4 Å². The van der Waals surface area contributed by atoms with Crippen molar-refractivity contribution < 1.29 is 13.6 Å². The molecule has 0 bridgehead atoms. The molecule has 0 fully saturated rings. The first-order chi connectivity index (χ1) is 14.9. The van der Waals surface area contributed by atoms with Gasteiger partial charge >= 0.3 is 0 Å². The summed E-state index contributed by atoms with van der Waals surface area (Å²) in [6.07, 6.45) is 5.63. The predicted octanol–water partition coefficient (Wildman–Crippen LogP) is 5.29. The number of fused-ring (bicyclic) bond motifs is 3. The molecule has 0 radical (unpaired) electrons. The number of thioether (sulfide) groups is 1. The molecule has 0 atom stereocenters. The molecule has 1 aromatic carbocycles. The number of carbonyl (C=O) groups is 1. The van der Waals surface area contributed by atoms with Crippen LogP contribution in [0.25, 0.3) is 10.2 Å². The molecule has 31 heavy (non-hydrogen) atoms. The normalized spacial score (nSPS) is 13.3. The fourth-order valence-corrected chi connectivity index (χ4v) is 6.21. The summed E-state index contributed by atoms with van der Waals surface area (Å²) in [6, 6.07) is 1.77. The van der Waals surface area contributed by atoms with Gasteiger partial charge in [-0.05, 0) is 53.2 Å². The van der Waals surface area contributed by atoms with E-state index in [4.69, 9.17) is 0 Å². The summed E-state index contributed by atoms with van der Waals surface area (Å²) in [4.78, 5) is 32.2. The molecule has 0 aliphatic heterocycles. The molecule has 1 N–H and O–H groups in total. The van der Waals surface area contributed by atoms with Crippen LogP contribution in [0.1, 0.15) is 23.3 Å². The first-order valence-electron chi connectivity index (χ1n) is 9.62. The number of nitrogens with zero attached hydrogens (tertiary/aromatic N) is 2. The second kappa shape index (κ2) is 9.22. The molecule has 5 nitrogen and oxygen atoms in total. The number of hydrogen-bond acceptors (Lipinski definition) is 5. The molecular weight excluding hydrogens is 508 g/mol. The maximum Gasteiger partial charge on any atom is 0.263 e. The number of amides is 1. The van der Waals surface area contributed by atoms with Gasteiger partial charge in [0.25, 0.3) is 5.56 Å². The second-order valence-corrected chi connectivity index (χ2v) is 9.95. The van der Waals surface area contributed by atoms with Gasteiger partial charge in [-0.25, -0.2) is 13.8 Å². The Kier molecular flexibility index (Phi) is 6.59. The average molecular weight is 526 g/mol. The summed E-state index contributed by atoms with van der Waals surface area (Å²) >= 11 is 5.68. The first-order valence-corrected chi connectivity index (χ1v) is 12.2. The van der Waals surface area contributed by atoms with E-state index in [1.165, 1.54) is 9.44 Å². The van der Waals surface area contributed by atoms with E-state index in [1.807, 2.05) is 0 Å². The van der Waals surface area contributed by atoms with Gasteiger partial charge in [0.1, 0.15) is 10.6 Å². The van der Waals surface area contributed by atoms with Crippen molar-refractivity contribution in [3.8, 4) is 0 Å². The topological polar surface area (TPSA) is 64.0 Å². The van der Waals surface area contributed by atoms with Crippen molar-refractivity contribution in [3.05, 3.63) is 61.7 Å². The predicted molar refractivity (Wildman–Crippen MR) is 124 cm³/mol. The number of aryl methyl sites for hydroxylation is 2. The van der Waals surface area contributed by atoms with E-state index < -0.39 is 17.5 Å². The Morgan fingerprint density at radius 2 is 2.13 bits per heavy atom. The molecule has 0 saturated heterocycles. The molecular formula is C21H18BrF2N3O2S2. The number of aromatic nitrogens is 2. The SMILES string of the molecule is C=CCn1c(SCC(=O)Nc2c(F)cc(F)cc2Br)nc2sc3c(c2c1=O)CCCC3. The standard InChI is InChI=1S/C21H18BrF2N3O2S2/c1-2-7-27-20(29)17-12-5-3-4-6-15(12)31-19(17)26-21(27)30-10-16(28)25-18-13(22)8-11(23)9-14(18)24/h2,8-9H,1,3-7,10H2,(H,25,28). The number of nitrogens with one attached hydrogen (secondary N) is 1. The van der Waals surface area contributed by atoms with Crippen molar-refractivity contribution in [3.63, 3.8) is 0 Å².